The van der Waals surface area contributed by atoms with Crippen molar-refractivity contribution < 1.29 is 19.1 Å². The summed E-state index contributed by atoms with van der Waals surface area (Å²) in [6, 6.07) is 15.6. The highest BCUT2D eigenvalue weighted by Crippen LogP contribution is 2.31. The Morgan fingerprint density at radius 1 is 1.00 bits per heavy atom. The molecule has 0 radical (unpaired) electrons. The molecule has 1 saturated carbocycles. The highest BCUT2D eigenvalue weighted by molar-refractivity contribution is 6.05. The molecule has 1 unspecified atom stereocenters. The molecule has 2 aromatic rings. The minimum Gasteiger partial charge on any atom is -0.380 e. The number of anilines is 1. The van der Waals surface area contributed by atoms with Crippen LogP contribution in [0.15, 0.2) is 48.5 Å². The lowest BCUT2D eigenvalue weighted by Gasteiger charge is -2.33. The molecule has 2 N–H and O–H groups in total. The van der Waals surface area contributed by atoms with Gasteiger partial charge in [0.25, 0.3) is 5.91 Å². The number of hydrogen-bond acceptors (Lipinski definition) is 5. The van der Waals surface area contributed by atoms with E-state index in [0.29, 0.717) is 25.1 Å². The summed E-state index contributed by atoms with van der Waals surface area (Å²) in [6.07, 6.45) is 5.16. The van der Waals surface area contributed by atoms with Crippen molar-refractivity contribution >= 4 is 23.4 Å². The maximum Gasteiger partial charge on any atom is 0.255 e. The lowest BCUT2D eigenvalue weighted by Crippen LogP contribution is -2.52. The SMILES string of the molecule is O=C1CCC(N2Cc3cc(N[C@@H]4CCCC[C@H]4OCc4ccccc4)ccc3C2=O)C(=O)N1. The minimum atomic E-state index is -0.590. The van der Waals surface area contributed by atoms with E-state index >= 15 is 0 Å². The van der Waals surface area contributed by atoms with E-state index in [1.54, 1.807) is 4.90 Å². The van der Waals surface area contributed by atoms with Crippen LogP contribution in [-0.4, -0.2) is 40.8 Å². The third-order valence-corrected chi connectivity index (χ3v) is 6.89. The Balaban J connectivity index is 1.25. The maximum absolute atomic E-state index is 12.9. The van der Waals surface area contributed by atoms with Gasteiger partial charge in [-0.25, -0.2) is 0 Å². The first-order valence-electron chi connectivity index (χ1n) is 11.8. The molecule has 2 heterocycles. The number of rotatable bonds is 6. The topological polar surface area (TPSA) is 87.7 Å². The molecule has 1 aliphatic carbocycles. The van der Waals surface area contributed by atoms with Crippen LogP contribution in [0, 0.1) is 0 Å². The van der Waals surface area contributed by atoms with Crippen molar-refractivity contribution in [3.05, 3.63) is 65.2 Å². The Morgan fingerprint density at radius 2 is 1.82 bits per heavy atom. The van der Waals surface area contributed by atoms with Crippen LogP contribution in [0.4, 0.5) is 5.69 Å². The third kappa shape index (κ3) is 4.64. The van der Waals surface area contributed by atoms with Gasteiger partial charge < -0.3 is 15.0 Å². The molecule has 3 amide bonds. The van der Waals surface area contributed by atoms with Gasteiger partial charge in [-0.15, -0.1) is 0 Å². The summed E-state index contributed by atoms with van der Waals surface area (Å²) >= 11 is 0. The van der Waals surface area contributed by atoms with Crippen molar-refractivity contribution in [2.45, 2.75) is 69.9 Å². The van der Waals surface area contributed by atoms with Crippen LogP contribution in [0.2, 0.25) is 0 Å². The lowest BCUT2D eigenvalue weighted by atomic mass is 9.92. The Hall–Kier alpha value is -3.19. The summed E-state index contributed by atoms with van der Waals surface area (Å²) in [5.41, 5.74) is 3.68. The standard InChI is InChI=1S/C26H29N3O4/c30-24-13-12-22(25(31)28-24)29-15-18-14-19(10-11-20(18)26(29)32)27-21-8-4-5-9-23(21)33-16-17-6-2-1-3-7-17/h1-3,6-7,10-11,14,21-23,27H,4-5,8-9,12-13,15-16H2,(H,28,30,31)/t21-,22?,23-/m1/s1. The van der Waals surface area contributed by atoms with Gasteiger partial charge >= 0.3 is 0 Å². The zero-order chi connectivity index (χ0) is 22.8. The zero-order valence-electron chi connectivity index (χ0n) is 18.6. The molecule has 3 aliphatic rings. The summed E-state index contributed by atoms with van der Waals surface area (Å²) in [7, 11) is 0. The number of carbonyl (C=O) groups is 3. The quantitative estimate of drug-likeness (QED) is 0.663. The average Bonchev–Trinajstić information content (AvgIpc) is 3.14. The van der Waals surface area contributed by atoms with Crippen molar-refractivity contribution in [3.8, 4) is 0 Å². The molecule has 5 rings (SSSR count). The second kappa shape index (κ2) is 9.35. The normalized spacial score (nSPS) is 25.0. The van der Waals surface area contributed by atoms with E-state index in [1.165, 1.54) is 5.56 Å². The van der Waals surface area contributed by atoms with Crippen LogP contribution >= 0.6 is 0 Å². The molecule has 1 saturated heterocycles. The predicted molar refractivity (Wildman–Crippen MR) is 123 cm³/mol. The van der Waals surface area contributed by atoms with Crippen LogP contribution < -0.4 is 10.6 Å². The summed E-state index contributed by atoms with van der Waals surface area (Å²) in [4.78, 5) is 38.2. The lowest BCUT2D eigenvalue weighted by molar-refractivity contribution is -0.136. The first-order valence-corrected chi connectivity index (χ1v) is 11.8. The van der Waals surface area contributed by atoms with E-state index < -0.39 is 6.04 Å². The van der Waals surface area contributed by atoms with Crippen LogP contribution in [0.5, 0.6) is 0 Å². The highest BCUT2D eigenvalue weighted by atomic mass is 16.5. The van der Waals surface area contributed by atoms with Gasteiger partial charge in [-0.3, -0.25) is 19.7 Å². The second-order valence-corrected chi connectivity index (χ2v) is 9.14. The number of nitrogens with one attached hydrogen (secondary N) is 2. The molecule has 0 aromatic heterocycles. The van der Waals surface area contributed by atoms with Crippen LogP contribution in [0.3, 0.4) is 0 Å². The van der Waals surface area contributed by atoms with Crippen LogP contribution in [0.25, 0.3) is 0 Å². The number of hydrogen-bond donors (Lipinski definition) is 2. The minimum absolute atomic E-state index is 0.133. The molecule has 7 nitrogen and oxygen atoms in total. The van der Waals surface area contributed by atoms with E-state index in [4.69, 9.17) is 4.74 Å². The number of nitrogens with zero attached hydrogens (tertiary/aromatic N) is 1. The molecule has 2 aliphatic heterocycles. The van der Waals surface area contributed by atoms with Crippen molar-refractivity contribution in [1.29, 1.82) is 0 Å². The van der Waals surface area contributed by atoms with E-state index in [1.807, 2.05) is 36.4 Å². The van der Waals surface area contributed by atoms with Crippen molar-refractivity contribution in [2.24, 2.45) is 0 Å². The van der Waals surface area contributed by atoms with Gasteiger partial charge in [0.1, 0.15) is 6.04 Å². The van der Waals surface area contributed by atoms with Gasteiger partial charge in [-0.1, -0.05) is 43.2 Å². The zero-order valence-corrected chi connectivity index (χ0v) is 18.6. The highest BCUT2D eigenvalue weighted by Gasteiger charge is 2.39. The number of fused-ring (bicyclic) bond motifs is 1. The molecule has 2 fully saturated rings. The van der Waals surface area contributed by atoms with Gasteiger partial charge in [-0.2, -0.15) is 0 Å². The average molecular weight is 448 g/mol. The molecule has 0 spiro atoms. The van der Waals surface area contributed by atoms with Gasteiger partial charge in [0.05, 0.1) is 18.8 Å². The third-order valence-electron chi connectivity index (χ3n) is 6.89. The van der Waals surface area contributed by atoms with Crippen LogP contribution in [-0.2, 0) is 27.5 Å². The first-order chi connectivity index (χ1) is 16.1. The molecule has 33 heavy (non-hydrogen) atoms. The Morgan fingerprint density at radius 3 is 2.64 bits per heavy atom. The fourth-order valence-corrected chi connectivity index (χ4v) is 5.12. The summed E-state index contributed by atoms with van der Waals surface area (Å²) in [6.45, 7) is 0.984. The van der Waals surface area contributed by atoms with E-state index in [0.717, 1.165) is 36.9 Å². The first kappa shape index (κ1) is 21.6. The molecular formula is C26H29N3O4. The van der Waals surface area contributed by atoms with E-state index in [2.05, 4.69) is 22.8 Å². The largest absolute Gasteiger partial charge is 0.380 e. The molecule has 7 heteroatoms. The van der Waals surface area contributed by atoms with Gasteiger partial charge in [0, 0.05) is 24.2 Å². The number of carbonyl (C=O) groups excluding carboxylic acids is 3. The Bertz CT molecular complexity index is 1050. The van der Waals surface area contributed by atoms with Crippen LogP contribution in [0.1, 0.15) is 60.0 Å². The van der Waals surface area contributed by atoms with Gasteiger partial charge in [0.15, 0.2) is 0 Å². The van der Waals surface area contributed by atoms with E-state index in [9.17, 15) is 14.4 Å². The van der Waals surface area contributed by atoms with Crippen molar-refractivity contribution in [2.75, 3.05) is 5.32 Å². The molecule has 2 aromatic carbocycles. The van der Waals surface area contributed by atoms with Crippen molar-refractivity contribution in [3.63, 3.8) is 0 Å². The molecule has 0 bridgehead atoms. The number of benzene rings is 2. The Kier molecular flexibility index (Phi) is 6.13. The smallest absolute Gasteiger partial charge is 0.255 e. The maximum atomic E-state index is 12.9. The number of ether oxygens (including phenoxy) is 1. The second-order valence-electron chi connectivity index (χ2n) is 9.14. The molecule has 3 atom stereocenters. The number of amides is 3. The molecular weight excluding hydrogens is 418 g/mol. The fourth-order valence-electron chi connectivity index (χ4n) is 5.12. The monoisotopic (exact) mass is 447 g/mol. The number of imide groups is 1. The fraction of sp³-hybridized carbons (Fsp3) is 0.423. The molecule has 172 valence electrons. The Labute approximate surface area is 193 Å². The van der Waals surface area contributed by atoms with E-state index in [-0.39, 0.29) is 36.3 Å². The van der Waals surface area contributed by atoms with Crippen molar-refractivity contribution in [1.82, 2.24) is 10.2 Å². The predicted octanol–water partition coefficient (Wildman–Crippen LogP) is 3.39. The summed E-state index contributed by atoms with van der Waals surface area (Å²) in [5, 5.41) is 5.99. The summed E-state index contributed by atoms with van der Waals surface area (Å²) < 4.78 is 6.28. The summed E-state index contributed by atoms with van der Waals surface area (Å²) in [5.74, 6) is -0.803. The number of piperidine rings is 1. The van der Waals surface area contributed by atoms with Gasteiger partial charge in [0.2, 0.25) is 11.8 Å². The van der Waals surface area contributed by atoms with Gasteiger partial charge in [-0.05, 0) is 48.6 Å².